The third-order valence-corrected chi connectivity index (χ3v) is 5.51. The Balaban J connectivity index is 2.02. The SMILES string of the molecule is CCC(O)CN1CCN(C(=O)C(C)(C)c2ccc(Cl)c(Cl)c2)CC1. The van der Waals surface area contributed by atoms with Crippen LogP contribution in [0.25, 0.3) is 0 Å². The quantitative estimate of drug-likeness (QED) is 0.862. The predicted molar refractivity (Wildman–Crippen MR) is 98.8 cm³/mol. The lowest BCUT2D eigenvalue weighted by atomic mass is 9.83. The monoisotopic (exact) mass is 372 g/mol. The van der Waals surface area contributed by atoms with Gasteiger partial charge in [-0.3, -0.25) is 9.69 Å². The number of aliphatic hydroxyl groups is 1. The molecule has 0 aliphatic carbocycles. The van der Waals surface area contributed by atoms with Crippen LogP contribution in [-0.2, 0) is 10.2 Å². The molecule has 1 aliphatic rings. The van der Waals surface area contributed by atoms with Crippen molar-refractivity contribution in [3.63, 3.8) is 0 Å². The van der Waals surface area contributed by atoms with Crippen molar-refractivity contribution >= 4 is 29.1 Å². The van der Waals surface area contributed by atoms with E-state index in [2.05, 4.69) is 4.90 Å². The first-order valence-electron chi connectivity index (χ1n) is 8.41. The summed E-state index contributed by atoms with van der Waals surface area (Å²) in [6.07, 6.45) is 0.462. The number of amides is 1. The Labute approximate surface area is 154 Å². The standard InChI is InChI=1S/C18H26Cl2N2O2/c1-4-14(23)12-21-7-9-22(10-8-21)17(24)18(2,3)13-5-6-15(19)16(20)11-13/h5-6,11,14,23H,4,7-10,12H2,1-3H3. The fourth-order valence-electron chi connectivity index (χ4n) is 2.96. The second kappa shape index (κ2) is 8.05. The summed E-state index contributed by atoms with van der Waals surface area (Å²) >= 11 is 12.1. The van der Waals surface area contributed by atoms with Crippen LogP contribution in [0, 0.1) is 0 Å². The van der Waals surface area contributed by atoms with E-state index >= 15 is 0 Å². The van der Waals surface area contributed by atoms with Crippen LogP contribution >= 0.6 is 23.2 Å². The van der Waals surface area contributed by atoms with E-state index in [1.807, 2.05) is 31.7 Å². The zero-order chi connectivity index (χ0) is 17.9. The van der Waals surface area contributed by atoms with E-state index in [4.69, 9.17) is 23.2 Å². The van der Waals surface area contributed by atoms with Crippen LogP contribution in [0.15, 0.2) is 18.2 Å². The zero-order valence-electron chi connectivity index (χ0n) is 14.6. The van der Waals surface area contributed by atoms with Crippen LogP contribution in [0.2, 0.25) is 10.0 Å². The van der Waals surface area contributed by atoms with Crippen molar-refractivity contribution in [3.05, 3.63) is 33.8 Å². The Morgan fingerprint density at radius 3 is 2.38 bits per heavy atom. The van der Waals surface area contributed by atoms with Gasteiger partial charge in [0.1, 0.15) is 0 Å². The van der Waals surface area contributed by atoms with Gasteiger partial charge in [0.15, 0.2) is 0 Å². The van der Waals surface area contributed by atoms with E-state index < -0.39 is 5.41 Å². The average molecular weight is 373 g/mol. The molecule has 1 amide bonds. The van der Waals surface area contributed by atoms with Crippen molar-refractivity contribution in [2.24, 2.45) is 0 Å². The highest BCUT2D eigenvalue weighted by atomic mass is 35.5. The molecular weight excluding hydrogens is 347 g/mol. The van der Waals surface area contributed by atoms with Crippen molar-refractivity contribution in [3.8, 4) is 0 Å². The number of piperazine rings is 1. The van der Waals surface area contributed by atoms with Gasteiger partial charge in [0.2, 0.25) is 5.91 Å². The molecule has 1 aliphatic heterocycles. The Hall–Kier alpha value is -0.810. The van der Waals surface area contributed by atoms with Crippen LogP contribution in [0.5, 0.6) is 0 Å². The summed E-state index contributed by atoms with van der Waals surface area (Å²) in [4.78, 5) is 17.1. The highest BCUT2D eigenvalue weighted by Crippen LogP contribution is 2.31. The van der Waals surface area contributed by atoms with E-state index in [0.717, 1.165) is 25.1 Å². The van der Waals surface area contributed by atoms with E-state index in [9.17, 15) is 9.90 Å². The van der Waals surface area contributed by atoms with Gasteiger partial charge >= 0.3 is 0 Å². The molecule has 0 spiro atoms. The molecular formula is C18H26Cl2N2O2. The first-order chi connectivity index (χ1) is 11.3. The second-order valence-electron chi connectivity index (χ2n) is 6.91. The highest BCUT2D eigenvalue weighted by Gasteiger charge is 2.35. The summed E-state index contributed by atoms with van der Waals surface area (Å²) in [7, 11) is 0. The van der Waals surface area contributed by atoms with E-state index in [1.54, 1.807) is 12.1 Å². The average Bonchev–Trinajstić information content (AvgIpc) is 2.57. The van der Waals surface area contributed by atoms with Crippen molar-refractivity contribution < 1.29 is 9.90 Å². The summed E-state index contributed by atoms with van der Waals surface area (Å²) in [6, 6.07) is 5.37. The largest absolute Gasteiger partial charge is 0.392 e. The van der Waals surface area contributed by atoms with Gasteiger partial charge in [0.25, 0.3) is 0 Å². The first-order valence-corrected chi connectivity index (χ1v) is 9.16. The molecule has 0 aromatic heterocycles. The molecule has 2 rings (SSSR count). The smallest absolute Gasteiger partial charge is 0.232 e. The highest BCUT2D eigenvalue weighted by molar-refractivity contribution is 6.42. The minimum atomic E-state index is -0.653. The number of β-amino-alcohol motifs (C(OH)–C–C–N with tert-alkyl or cyclic N) is 1. The van der Waals surface area contributed by atoms with E-state index in [-0.39, 0.29) is 12.0 Å². The van der Waals surface area contributed by atoms with Crippen LogP contribution in [0.4, 0.5) is 0 Å². The molecule has 1 aromatic carbocycles. The van der Waals surface area contributed by atoms with Crippen LogP contribution in [0.1, 0.15) is 32.8 Å². The van der Waals surface area contributed by atoms with Gasteiger partial charge in [-0.05, 0) is 38.0 Å². The lowest BCUT2D eigenvalue weighted by Gasteiger charge is -2.39. The number of benzene rings is 1. The number of carbonyl (C=O) groups excluding carboxylic acids is 1. The molecule has 1 aromatic rings. The number of aliphatic hydroxyl groups excluding tert-OH is 1. The molecule has 0 bridgehead atoms. The molecule has 134 valence electrons. The van der Waals surface area contributed by atoms with Crippen molar-refractivity contribution in [2.75, 3.05) is 32.7 Å². The van der Waals surface area contributed by atoms with Crippen molar-refractivity contribution in [2.45, 2.75) is 38.7 Å². The van der Waals surface area contributed by atoms with Gasteiger partial charge in [0.05, 0.1) is 21.6 Å². The number of carbonyl (C=O) groups is 1. The summed E-state index contributed by atoms with van der Waals surface area (Å²) in [5, 5.41) is 10.7. The van der Waals surface area contributed by atoms with Gasteiger partial charge < -0.3 is 10.0 Å². The maximum absolute atomic E-state index is 13.0. The molecule has 1 saturated heterocycles. The minimum Gasteiger partial charge on any atom is -0.392 e. The number of halogens is 2. The summed E-state index contributed by atoms with van der Waals surface area (Å²) in [5.41, 5.74) is 0.213. The number of hydrogen-bond acceptors (Lipinski definition) is 3. The molecule has 1 N–H and O–H groups in total. The summed E-state index contributed by atoms with van der Waals surface area (Å²) in [5.74, 6) is 0.0941. The molecule has 4 nitrogen and oxygen atoms in total. The molecule has 1 fully saturated rings. The van der Waals surface area contributed by atoms with Crippen LogP contribution < -0.4 is 0 Å². The summed E-state index contributed by atoms with van der Waals surface area (Å²) < 4.78 is 0. The van der Waals surface area contributed by atoms with Gasteiger partial charge in [-0.2, -0.15) is 0 Å². The minimum absolute atomic E-state index is 0.0941. The Bertz CT molecular complexity index is 584. The van der Waals surface area contributed by atoms with Crippen molar-refractivity contribution in [1.29, 1.82) is 0 Å². The topological polar surface area (TPSA) is 43.8 Å². The lowest BCUT2D eigenvalue weighted by molar-refractivity contribution is -0.138. The third-order valence-electron chi connectivity index (χ3n) is 4.78. The van der Waals surface area contributed by atoms with Crippen LogP contribution in [0.3, 0.4) is 0 Å². The molecule has 1 unspecified atom stereocenters. The van der Waals surface area contributed by atoms with E-state index in [0.29, 0.717) is 29.7 Å². The van der Waals surface area contributed by atoms with Crippen LogP contribution in [-0.4, -0.2) is 59.6 Å². The Morgan fingerprint density at radius 2 is 1.83 bits per heavy atom. The van der Waals surface area contributed by atoms with E-state index in [1.165, 1.54) is 0 Å². The Morgan fingerprint density at radius 1 is 1.21 bits per heavy atom. The second-order valence-corrected chi connectivity index (χ2v) is 7.72. The Kier molecular flexibility index (Phi) is 6.54. The normalized spacial score (nSPS) is 17.8. The molecule has 1 heterocycles. The molecule has 24 heavy (non-hydrogen) atoms. The number of nitrogens with zero attached hydrogens (tertiary/aromatic N) is 2. The van der Waals surface area contributed by atoms with Gasteiger partial charge in [-0.15, -0.1) is 0 Å². The fourth-order valence-corrected chi connectivity index (χ4v) is 3.26. The maximum atomic E-state index is 13.0. The predicted octanol–water partition coefficient (Wildman–Crippen LogP) is 3.19. The molecule has 0 saturated carbocycles. The van der Waals surface area contributed by atoms with Gasteiger partial charge in [0, 0.05) is 32.7 Å². The maximum Gasteiger partial charge on any atom is 0.232 e. The van der Waals surface area contributed by atoms with Gasteiger partial charge in [-0.25, -0.2) is 0 Å². The third kappa shape index (κ3) is 4.42. The number of hydrogen-bond donors (Lipinski definition) is 1. The first kappa shape index (κ1) is 19.5. The fraction of sp³-hybridized carbons (Fsp3) is 0.611. The van der Waals surface area contributed by atoms with Crippen molar-refractivity contribution in [1.82, 2.24) is 9.80 Å². The van der Waals surface area contributed by atoms with Gasteiger partial charge in [-0.1, -0.05) is 36.2 Å². The molecule has 0 radical (unpaired) electrons. The lowest BCUT2D eigenvalue weighted by Crippen LogP contribution is -2.54. The zero-order valence-corrected chi connectivity index (χ0v) is 16.1. The number of rotatable bonds is 5. The summed E-state index contributed by atoms with van der Waals surface area (Å²) in [6.45, 7) is 9.43. The molecule has 1 atom stereocenters. The molecule has 6 heteroatoms.